The van der Waals surface area contributed by atoms with Crippen LogP contribution in [0.15, 0.2) is 60.2 Å². The number of hydrogen-bond acceptors (Lipinski definition) is 4. The highest BCUT2D eigenvalue weighted by molar-refractivity contribution is 5.85. The molecule has 0 aliphatic heterocycles. The van der Waals surface area contributed by atoms with E-state index >= 15 is 0 Å². The fraction of sp³-hybridized carbons (Fsp3) is 0.308. The van der Waals surface area contributed by atoms with Crippen molar-refractivity contribution in [2.75, 3.05) is 6.61 Å². The molecule has 2 unspecified atom stereocenters. The predicted octanol–water partition coefficient (Wildman–Crippen LogP) is 4.33. The second kappa shape index (κ2) is 7.95. The Morgan fingerprint density at radius 1 is 1.09 bits per heavy atom. The lowest BCUT2D eigenvalue weighted by Crippen LogP contribution is -2.49. The fourth-order valence-corrected chi connectivity index (χ4v) is 5.74. The third-order valence-electron chi connectivity index (χ3n) is 7.21. The number of carbonyl (C=O) groups is 2. The first-order valence-corrected chi connectivity index (χ1v) is 10.9. The van der Waals surface area contributed by atoms with E-state index in [1.165, 1.54) is 6.42 Å². The Kier molecular flexibility index (Phi) is 5.10. The molecule has 0 heterocycles. The maximum Gasteiger partial charge on any atom is 0.328 e. The Morgan fingerprint density at radius 2 is 1.81 bits per heavy atom. The van der Waals surface area contributed by atoms with Gasteiger partial charge >= 0.3 is 5.97 Å². The predicted molar refractivity (Wildman–Crippen MR) is 119 cm³/mol. The lowest BCUT2D eigenvalue weighted by molar-refractivity contribution is -0.132. The van der Waals surface area contributed by atoms with E-state index in [9.17, 15) is 9.59 Å². The number of ether oxygens (including phenoxy) is 1. The summed E-state index contributed by atoms with van der Waals surface area (Å²) in [5.41, 5.74) is 7.30. The first-order chi connectivity index (χ1) is 15.5. The van der Waals surface area contributed by atoms with Crippen LogP contribution in [0, 0.1) is 11.8 Å². The lowest BCUT2D eigenvalue weighted by atomic mass is 9.46. The number of hydrogen-bond donors (Lipinski definition) is 3. The number of nitrogens with one attached hydrogen (secondary N) is 1. The molecule has 0 saturated heterocycles. The molecule has 4 bridgehead atoms. The Hall–Kier alpha value is -3.38. The first kappa shape index (κ1) is 20.5. The van der Waals surface area contributed by atoms with Crippen LogP contribution in [0.4, 0.5) is 0 Å². The van der Waals surface area contributed by atoms with Gasteiger partial charge in [0.25, 0.3) is 5.91 Å². The molecular formula is C26H25NO5. The number of allylic oxidation sites excluding steroid dienone is 2. The Balaban J connectivity index is 1.49. The van der Waals surface area contributed by atoms with Gasteiger partial charge in [0, 0.05) is 17.1 Å². The number of carboxylic acid groups (broad SMARTS) is 1. The van der Waals surface area contributed by atoms with Crippen molar-refractivity contribution >= 4 is 18.0 Å². The molecule has 2 atom stereocenters. The molecule has 3 N–H and O–H groups in total. The SMILES string of the molecule is O=C(O)/C=C/c1ccc(-c2ccc(OCC(=O)NO)c(C34CC=C5C(CC5C3)C4)c2)cc1. The standard InChI is InChI=1S/C26H25NO5/c28-24(27-31)15-32-23-7-6-18(17-4-1-16(2-5-17)3-8-25(29)30)12-22(23)26-10-9-21-19(13-26)11-20(21)14-26/h1-9,12,19-20,31H,10-11,13-15H2,(H,27,28)(H,29,30)/b8-3+. The molecule has 7 rings (SSSR count). The molecular weight excluding hydrogens is 406 g/mol. The second-order valence-corrected chi connectivity index (χ2v) is 9.05. The molecule has 0 aromatic heterocycles. The van der Waals surface area contributed by atoms with Gasteiger partial charge in [-0.1, -0.05) is 42.0 Å². The van der Waals surface area contributed by atoms with Crippen molar-refractivity contribution in [3.63, 3.8) is 0 Å². The van der Waals surface area contributed by atoms with E-state index < -0.39 is 11.9 Å². The Labute approximate surface area is 186 Å². The molecule has 3 saturated carbocycles. The maximum absolute atomic E-state index is 11.6. The number of rotatable bonds is 7. The highest BCUT2D eigenvalue weighted by Gasteiger charge is 2.54. The van der Waals surface area contributed by atoms with Crippen LogP contribution < -0.4 is 10.2 Å². The van der Waals surface area contributed by atoms with Gasteiger partial charge in [-0.05, 0) is 72.4 Å². The lowest BCUT2D eigenvalue weighted by Gasteiger charge is -2.58. The van der Waals surface area contributed by atoms with E-state index in [1.807, 2.05) is 36.4 Å². The monoisotopic (exact) mass is 431 g/mol. The summed E-state index contributed by atoms with van der Waals surface area (Å²) in [6.07, 6.45) is 9.59. The number of fused-ring (bicyclic) bond motifs is 1. The molecule has 32 heavy (non-hydrogen) atoms. The molecule has 3 fully saturated rings. The van der Waals surface area contributed by atoms with Crippen LogP contribution in [0.3, 0.4) is 0 Å². The molecule has 1 amide bonds. The van der Waals surface area contributed by atoms with E-state index in [-0.39, 0.29) is 12.0 Å². The summed E-state index contributed by atoms with van der Waals surface area (Å²) < 4.78 is 5.84. The minimum absolute atomic E-state index is 0.0144. The van der Waals surface area contributed by atoms with Gasteiger partial charge in [0.05, 0.1) is 0 Å². The number of carbonyl (C=O) groups excluding carboxylic acids is 1. The number of aliphatic carboxylic acids is 1. The van der Waals surface area contributed by atoms with Crippen LogP contribution in [-0.2, 0) is 15.0 Å². The zero-order valence-corrected chi connectivity index (χ0v) is 17.6. The van der Waals surface area contributed by atoms with Gasteiger partial charge in [0.15, 0.2) is 6.61 Å². The van der Waals surface area contributed by atoms with Gasteiger partial charge in [-0.25, -0.2) is 10.3 Å². The molecule has 0 radical (unpaired) electrons. The summed E-state index contributed by atoms with van der Waals surface area (Å²) in [6.45, 7) is -0.239. The van der Waals surface area contributed by atoms with Crippen molar-refractivity contribution in [3.05, 3.63) is 71.3 Å². The van der Waals surface area contributed by atoms with Gasteiger partial charge in [-0.3, -0.25) is 10.0 Å². The largest absolute Gasteiger partial charge is 0.483 e. The Morgan fingerprint density at radius 3 is 2.47 bits per heavy atom. The summed E-state index contributed by atoms with van der Waals surface area (Å²) in [5, 5.41) is 17.6. The second-order valence-electron chi connectivity index (χ2n) is 9.05. The zero-order chi connectivity index (χ0) is 22.3. The molecule has 0 spiro atoms. The summed E-state index contributed by atoms with van der Waals surface area (Å²) in [7, 11) is 0. The van der Waals surface area contributed by atoms with Crippen molar-refractivity contribution in [2.45, 2.75) is 31.1 Å². The van der Waals surface area contributed by atoms with Crippen molar-refractivity contribution in [2.24, 2.45) is 11.8 Å². The normalized spacial score (nSPS) is 25.2. The van der Waals surface area contributed by atoms with Crippen LogP contribution in [0.1, 0.15) is 36.8 Å². The molecule has 6 heteroatoms. The minimum atomic E-state index is -0.973. The van der Waals surface area contributed by atoms with E-state index in [0.717, 1.165) is 47.6 Å². The summed E-state index contributed by atoms with van der Waals surface area (Å²) in [5.74, 6) is 0.468. The summed E-state index contributed by atoms with van der Waals surface area (Å²) in [4.78, 5) is 22.3. The van der Waals surface area contributed by atoms with Crippen molar-refractivity contribution in [1.82, 2.24) is 5.48 Å². The zero-order valence-electron chi connectivity index (χ0n) is 17.6. The fourth-order valence-electron chi connectivity index (χ4n) is 5.74. The number of amides is 1. The third-order valence-corrected chi connectivity index (χ3v) is 7.21. The van der Waals surface area contributed by atoms with Gasteiger partial charge in [0.1, 0.15) is 5.75 Å². The number of carboxylic acids is 1. The topological polar surface area (TPSA) is 95.9 Å². The highest BCUT2D eigenvalue weighted by Crippen LogP contribution is 2.64. The average Bonchev–Trinajstić information content (AvgIpc) is 2.81. The number of benzene rings is 2. The van der Waals surface area contributed by atoms with Crippen LogP contribution in [-0.4, -0.2) is 28.8 Å². The van der Waals surface area contributed by atoms with E-state index in [2.05, 4.69) is 12.1 Å². The van der Waals surface area contributed by atoms with Crippen molar-refractivity contribution < 1.29 is 24.6 Å². The van der Waals surface area contributed by atoms with Gasteiger partial charge in [-0.2, -0.15) is 0 Å². The van der Waals surface area contributed by atoms with Crippen LogP contribution >= 0.6 is 0 Å². The maximum atomic E-state index is 11.6. The number of hydroxylamine groups is 1. The summed E-state index contributed by atoms with van der Waals surface area (Å²) >= 11 is 0. The third kappa shape index (κ3) is 3.60. The molecule has 2 aromatic carbocycles. The van der Waals surface area contributed by atoms with E-state index in [1.54, 1.807) is 17.1 Å². The van der Waals surface area contributed by atoms with Gasteiger partial charge in [0.2, 0.25) is 0 Å². The van der Waals surface area contributed by atoms with Crippen molar-refractivity contribution in [3.8, 4) is 16.9 Å². The van der Waals surface area contributed by atoms with Gasteiger partial charge in [-0.15, -0.1) is 0 Å². The molecule has 164 valence electrons. The highest BCUT2D eigenvalue weighted by atomic mass is 16.5. The van der Waals surface area contributed by atoms with E-state index in [0.29, 0.717) is 17.6 Å². The minimum Gasteiger partial charge on any atom is -0.483 e. The van der Waals surface area contributed by atoms with Crippen molar-refractivity contribution in [1.29, 1.82) is 0 Å². The molecule has 6 nitrogen and oxygen atoms in total. The molecule has 5 aliphatic carbocycles. The van der Waals surface area contributed by atoms with Crippen LogP contribution in [0.5, 0.6) is 5.75 Å². The summed E-state index contributed by atoms with van der Waals surface area (Å²) in [6, 6.07) is 13.8. The van der Waals surface area contributed by atoms with Crippen LogP contribution in [0.2, 0.25) is 0 Å². The Bertz CT molecular complexity index is 1120. The smallest absolute Gasteiger partial charge is 0.328 e. The van der Waals surface area contributed by atoms with E-state index in [4.69, 9.17) is 15.1 Å². The van der Waals surface area contributed by atoms with Gasteiger partial charge < -0.3 is 9.84 Å². The van der Waals surface area contributed by atoms with Crippen LogP contribution in [0.25, 0.3) is 17.2 Å². The first-order valence-electron chi connectivity index (χ1n) is 10.9. The molecule has 2 aromatic rings. The average molecular weight is 431 g/mol. The quantitative estimate of drug-likeness (QED) is 0.262. The molecule has 5 aliphatic rings.